The van der Waals surface area contributed by atoms with Crippen LogP contribution in [0.15, 0.2) is 24.4 Å². The molecule has 0 amide bonds. The van der Waals surface area contributed by atoms with Gasteiger partial charge in [-0.05, 0) is 30.2 Å². The summed E-state index contributed by atoms with van der Waals surface area (Å²) in [5.74, 6) is -1.44. The topological polar surface area (TPSA) is 59.3 Å². The van der Waals surface area contributed by atoms with Crippen LogP contribution >= 0.6 is 0 Å². The largest absolute Gasteiger partial charge is 0.481 e. The van der Waals surface area contributed by atoms with E-state index in [2.05, 4.69) is 0 Å². The number of rotatable bonds is 3. The Morgan fingerprint density at radius 3 is 2.52 bits per heavy atom. The van der Waals surface area contributed by atoms with E-state index in [9.17, 15) is 14.0 Å². The van der Waals surface area contributed by atoms with Crippen molar-refractivity contribution < 1.29 is 19.1 Å². The van der Waals surface area contributed by atoms with Crippen LogP contribution in [0.2, 0.25) is 0 Å². The minimum absolute atomic E-state index is 0.0562. The first-order valence-corrected chi connectivity index (χ1v) is 6.76. The Bertz CT molecular complexity index is 710. The van der Waals surface area contributed by atoms with Crippen LogP contribution in [0.1, 0.15) is 37.6 Å². The van der Waals surface area contributed by atoms with Crippen molar-refractivity contribution >= 4 is 22.8 Å². The molecule has 0 saturated heterocycles. The number of nitrogens with zero attached hydrogens (tertiary/aromatic N) is 1. The maximum atomic E-state index is 13.4. The lowest BCUT2D eigenvalue weighted by Gasteiger charge is -2.17. The number of carbonyl (C=O) groups is 2. The lowest BCUT2D eigenvalue weighted by molar-refractivity contribution is -0.136. The molecule has 0 radical (unpaired) electrons. The quantitative estimate of drug-likeness (QED) is 0.941. The predicted molar refractivity (Wildman–Crippen MR) is 77.9 cm³/mol. The highest BCUT2D eigenvalue weighted by molar-refractivity contribution is 5.96. The van der Waals surface area contributed by atoms with Gasteiger partial charge in [-0.3, -0.25) is 14.2 Å². The van der Waals surface area contributed by atoms with E-state index in [-0.39, 0.29) is 18.7 Å². The van der Waals surface area contributed by atoms with E-state index in [1.54, 1.807) is 12.3 Å². The summed E-state index contributed by atoms with van der Waals surface area (Å²) in [6.07, 6.45) is 1.83. The van der Waals surface area contributed by atoms with Gasteiger partial charge in [0, 0.05) is 23.4 Å². The highest BCUT2D eigenvalue weighted by Gasteiger charge is 2.25. The SMILES string of the molecule is CC(C)(C)C(=O)n1cc(CCC(=O)O)c2cc(F)ccc21. The zero-order chi connectivity index (χ0) is 15.8. The summed E-state index contributed by atoms with van der Waals surface area (Å²) < 4.78 is 14.9. The van der Waals surface area contributed by atoms with Crippen molar-refractivity contribution in [2.45, 2.75) is 33.6 Å². The molecule has 112 valence electrons. The molecular formula is C16H18FNO3. The summed E-state index contributed by atoms with van der Waals surface area (Å²) in [4.78, 5) is 23.2. The Kier molecular flexibility index (Phi) is 3.85. The van der Waals surface area contributed by atoms with Crippen LogP contribution in [0.25, 0.3) is 10.9 Å². The number of aromatic nitrogens is 1. The maximum absolute atomic E-state index is 13.4. The number of benzene rings is 1. The van der Waals surface area contributed by atoms with Crippen molar-refractivity contribution in [3.8, 4) is 0 Å². The number of hydrogen-bond donors (Lipinski definition) is 1. The van der Waals surface area contributed by atoms with Gasteiger partial charge in [-0.2, -0.15) is 0 Å². The van der Waals surface area contributed by atoms with Gasteiger partial charge >= 0.3 is 5.97 Å². The van der Waals surface area contributed by atoms with Crippen molar-refractivity contribution in [3.05, 3.63) is 35.8 Å². The molecule has 5 heteroatoms. The average molecular weight is 291 g/mol. The van der Waals surface area contributed by atoms with Gasteiger partial charge in [0.2, 0.25) is 5.91 Å². The van der Waals surface area contributed by atoms with Gasteiger partial charge < -0.3 is 5.11 Å². The Hall–Kier alpha value is -2.17. The molecule has 0 spiro atoms. The second-order valence-corrected chi connectivity index (χ2v) is 6.13. The van der Waals surface area contributed by atoms with Crippen LogP contribution in [-0.2, 0) is 11.2 Å². The van der Waals surface area contributed by atoms with Crippen molar-refractivity contribution in [1.82, 2.24) is 4.57 Å². The van der Waals surface area contributed by atoms with Gasteiger partial charge in [-0.1, -0.05) is 20.8 Å². The second kappa shape index (κ2) is 5.31. The van der Waals surface area contributed by atoms with Crippen LogP contribution in [-0.4, -0.2) is 21.6 Å². The third-order valence-corrected chi connectivity index (χ3v) is 3.32. The second-order valence-electron chi connectivity index (χ2n) is 6.13. The number of aryl methyl sites for hydroxylation is 1. The zero-order valence-corrected chi connectivity index (χ0v) is 12.3. The molecule has 0 bridgehead atoms. The zero-order valence-electron chi connectivity index (χ0n) is 12.3. The summed E-state index contributed by atoms with van der Waals surface area (Å²) in [6.45, 7) is 5.42. The lowest BCUT2D eigenvalue weighted by atomic mass is 9.95. The molecule has 4 nitrogen and oxygen atoms in total. The number of fused-ring (bicyclic) bond motifs is 1. The molecule has 0 aliphatic rings. The van der Waals surface area contributed by atoms with E-state index in [0.29, 0.717) is 16.5 Å². The Balaban J connectivity index is 2.57. The average Bonchev–Trinajstić information content (AvgIpc) is 2.72. The molecule has 0 saturated carbocycles. The standard InChI is InChI=1S/C16H18FNO3/c1-16(2,3)15(21)18-9-10(4-7-14(19)20)12-8-11(17)5-6-13(12)18/h5-6,8-9H,4,7H2,1-3H3,(H,19,20). The van der Waals surface area contributed by atoms with Gasteiger partial charge in [0.05, 0.1) is 5.52 Å². The molecule has 21 heavy (non-hydrogen) atoms. The molecule has 1 N–H and O–H groups in total. The van der Waals surface area contributed by atoms with Crippen LogP contribution in [0, 0.1) is 11.2 Å². The van der Waals surface area contributed by atoms with E-state index in [4.69, 9.17) is 5.11 Å². The van der Waals surface area contributed by atoms with Gasteiger partial charge in [-0.15, -0.1) is 0 Å². The lowest BCUT2D eigenvalue weighted by Crippen LogP contribution is -2.26. The Morgan fingerprint density at radius 1 is 1.29 bits per heavy atom. The molecule has 1 aromatic carbocycles. The van der Waals surface area contributed by atoms with Crippen molar-refractivity contribution in [2.24, 2.45) is 5.41 Å². The molecule has 1 heterocycles. The fraction of sp³-hybridized carbons (Fsp3) is 0.375. The summed E-state index contributed by atoms with van der Waals surface area (Å²) in [6, 6.07) is 4.20. The first-order chi connectivity index (χ1) is 9.70. The molecule has 1 aromatic heterocycles. The number of aliphatic carboxylic acids is 1. The maximum Gasteiger partial charge on any atom is 0.303 e. The minimum atomic E-state index is -0.922. The summed E-state index contributed by atoms with van der Waals surface area (Å²) in [5.41, 5.74) is 0.700. The number of carbonyl (C=O) groups excluding carboxylic acids is 1. The number of hydrogen-bond acceptors (Lipinski definition) is 2. The molecule has 2 aromatic rings. The monoisotopic (exact) mass is 291 g/mol. The molecule has 0 unspecified atom stereocenters. The van der Waals surface area contributed by atoms with Crippen molar-refractivity contribution in [1.29, 1.82) is 0 Å². The number of halogens is 1. The van der Waals surface area contributed by atoms with Crippen molar-refractivity contribution in [2.75, 3.05) is 0 Å². The van der Waals surface area contributed by atoms with Crippen LogP contribution in [0.5, 0.6) is 0 Å². The summed E-state index contributed by atoms with van der Waals surface area (Å²) >= 11 is 0. The van der Waals surface area contributed by atoms with Crippen molar-refractivity contribution in [3.63, 3.8) is 0 Å². The molecule has 0 atom stereocenters. The predicted octanol–water partition coefficient (Wildman–Crippen LogP) is 3.48. The van der Waals surface area contributed by atoms with E-state index < -0.39 is 17.2 Å². The third kappa shape index (κ3) is 3.12. The molecule has 0 fully saturated rings. The smallest absolute Gasteiger partial charge is 0.303 e. The summed E-state index contributed by atoms with van der Waals surface area (Å²) in [7, 11) is 0. The van der Waals surface area contributed by atoms with Gasteiger partial charge in [0.1, 0.15) is 5.82 Å². The molecule has 0 aliphatic carbocycles. The minimum Gasteiger partial charge on any atom is -0.481 e. The Labute approximate surface area is 122 Å². The highest BCUT2D eigenvalue weighted by atomic mass is 19.1. The highest BCUT2D eigenvalue weighted by Crippen LogP contribution is 2.27. The van der Waals surface area contributed by atoms with Crippen LogP contribution < -0.4 is 0 Å². The first kappa shape index (κ1) is 15.2. The molecule has 0 aliphatic heterocycles. The fourth-order valence-corrected chi connectivity index (χ4v) is 2.24. The van der Waals surface area contributed by atoms with Crippen LogP contribution in [0.3, 0.4) is 0 Å². The molecular weight excluding hydrogens is 273 g/mol. The van der Waals surface area contributed by atoms with E-state index in [1.165, 1.54) is 16.7 Å². The summed E-state index contributed by atoms with van der Waals surface area (Å²) in [5, 5.41) is 9.39. The van der Waals surface area contributed by atoms with Gasteiger partial charge in [-0.25, -0.2) is 4.39 Å². The van der Waals surface area contributed by atoms with Gasteiger partial charge in [0.25, 0.3) is 0 Å². The van der Waals surface area contributed by atoms with E-state index >= 15 is 0 Å². The first-order valence-electron chi connectivity index (χ1n) is 6.76. The fourth-order valence-electron chi connectivity index (χ4n) is 2.24. The van der Waals surface area contributed by atoms with E-state index in [1.807, 2.05) is 20.8 Å². The molecule has 2 rings (SSSR count). The normalized spacial score (nSPS) is 11.8. The van der Waals surface area contributed by atoms with E-state index in [0.717, 1.165) is 0 Å². The third-order valence-electron chi connectivity index (χ3n) is 3.32. The Morgan fingerprint density at radius 2 is 1.95 bits per heavy atom. The number of carboxylic acid groups (broad SMARTS) is 1. The number of carboxylic acids is 1. The van der Waals surface area contributed by atoms with Crippen LogP contribution in [0.4, 0.5) is 4.39 Å². The van der Waals surface area contributed by atoms with Gasteiger partial charge in [0.15, 0.2) is 0 Å².